The van der Waals surface area contributed by atoms with E-state index in [1.807, 2.05) is 48.5 Å². The van der Waals surface area contributed by atoms with Gasteiger partial charge in [0.15, 0.2) is 11.6 Å². The van der Waals surface area contributed by atoms with Gasteiger partial charge in [0.1, 0.15) is 17.3 Å². The zero-order chi connectivity index (χ0) is 27.8. The van der Waals surface area contributed by atoms with Crippen molar-refractivity contribution in [3.05, 3.63) is 57.7 Å². The van der Waals surface area contributed by atoms with Gasteiger partial charge in [-0.3, -0.25) is 4.79 Å². The van der Waals surface area contributed by atoms with E-state index >= 15 is 0 Å². The van der Waals surface area contributed by atoms with Crippen LogP contribution in [0.4, 0.5) is 0 Å². The maximum Gasteiger partial charge on any atom is 0.169 e. The molecule has 4 fully saturated rings. The number of carbonyl (C=O) groups excluding carboxylic acids is 1. The number of aliphatic hydroxyl groups is 1. The van der Waals surface area contributed by atoms with Gasteiger partial charge in [-0.05, 0) is 71.3 Å². The number of carbonyl (C=O) groups is 1. The molecule has 39 heavy (non-hydrogen) atoms. The first-order valence-electron chi connectivity index (χ1n) is 13.5. The Bertz CT molecular complexity index is 1060. The van der Waals surface area contributed by atoms with Gasteiger partial charge in [-0.2, -0.15) is 0 Å². The summed E-state index contributed by atoms with van der Waals surface area (Å²) in [4.78, 5) is 10.9. The summed E-state index contributed by atoms with van der Waals surface area (Å²) in [5.41, 5.74) is 0.120. The molecule has 0 unspecified atom stereocenters. The van der Waals surface area contributed by atoms with E-state index in [4.69, 9.17) is 28.4 Å². The minimum atomic E-state index is -0.797. The first-order valence-corrected chi connectivity index (χ1v) is 14.6. The number of halogens is 1. The lowest BCUT2D eigenvalue weighted by Gasteiger charge is -2.40. The molecule has 2 spiro atoms. The quantitative estimate of drug-likeness (QED) is 0.442. The molecule has 2 saturated carbocycles. The molecule has 2 aromatic carbocycles. The SMILES string of the molecule is COc1cccc(C2(O)CCC3(CC2)OCCO3)c1.COc1cccc(I)c1.O=C1CCC2(CC1)OCCO2. The van der Waals surface area contributed by atoms with Crippen molar-refractivity contribution in [3.63, 3.8) is 0 Å². The molecule has 0 bridgehead atoms. The van der Waals surface area contributed by atoms with Crippen molar-refractivity contribution in [3.8, 4) is 11.5 Å². The number of Topliss-reactive ketones (excluding diaryl/α,β-unsaturated/α-hetero) is 1. The zero-order valence-corrected chi connectivity index (χ0v) is 24.9. The van der Waals surface area contributed by atoms with Gasteiger partial charge in [0.05, 0.1) is 46.2 Å². The lowest BCUT2D eigenvalue weighted by Crippen LogP contribution is -2.42. The van der Waals surface area contributed by atoms with Gasteiger partial charge in [0.25, 0.3) is 0 Å². The topological polar surface area (TPSA) is 92.7 Å². The second-order valence-corrected chi connectivity index (χ2v) is 11.4. The summed E-state index contributed by atoms with van der Waals surface area (Å²) in [6.07, 6.45) is 5.54. The van der Waals surface area contributed by atoms with Gasteiger partial charge < -0.3 is 33.5 Å². The molecule has 1 N–H and O–H groups in total. The normalized spacial score (nSPS) is 22.4. The minimum Gasteiger partial charge on any atom is -0.497 e. The van der Waals surface area contributed by atoms with E-state index in [1.165, 1.54) is 3.57 Å². The summed E-state index contributed by atoms with van der Waals surface area (Å²) in [6, 6.07) is 15.6. The average Bonchev–Trinajstić information content (AvgIpc) is 3.63. The molecule has 2 aliphatic heterocycles. The molecule has 4 aliphatic rings. The standard InChI is InChI=1S/C15H20O4.C8H12O3.C7H7IO/c1-17-13-4-2-3-12(11-13)14(16)5-7-15(8-6-14)18-9-10-19-15;9-7-1-3-8(4-2-7)10-5-6-11-8;1-9-7-4-2-3-6(8)5-7/h2-4,11,16H,5-10H2,1H3;1-6H2;2-5H,1H3. The fourth-order valence-electron chi connectivity index (χ4n) is 5.32. The van der Waals surface area contributed by atoms with Crippen LogP contribution < -0.4 is 9.47 Å². The highest BCUT2D eigenvalue weighted by atomic mass is 127. The lowest BCUT2D eigenvalue weighted by atomic mass is 9.77. The summed E-state index contributed by atoms with van der Waals surface area (Å²) in [5, 5.41) is 10.8. The highest BCUT2D eigenvalue weighted by molar-refractivity contribution is 14.1. The van der Waals surface area contributed by atoms with E-state index in [0.29, 0.717) is 57.9 Å². The molecule has 0 amide bonds. The van der Waals surface area contributed by atoms with Crippen LogP contribution in [0.25, 0.3) is 0 Å². The first kappa shape index (κ1) is 30.2. The van der Waals surface area contributed by atoms with Gasteiger partial charge in [-0.15, -0.1) is 0 Å². The van der Waals surface area contributed by atoms with Crippen LogP contribution in [0.3, 0.4) is 0 Å². The molecule has 0 atom stereocenters. The number of methoxy groups -OCH3 is 2. The summed E-state index contributed by atoms with van der Waals surface area (Å²) < 4.78 is 33.7. The molecular weight excluding hydrogens is 615 g/mol. The van der Waals surface area contributed by atoms with Crippen LogP contribution in [0, 0.1) is 3.57 Å². The van der Waals surface area contributed by atoms with E-state index in [-0.39, 0.29) is 5.79 Å². The predicted octanol–water partition coefficient (Wildman–Crippen LogP) is 5.37. The largest absolute Gasteiger partial charge is 0.497 e. The van der Waals surface area contributed by atoms with E-state index in [9.17, 15) is 9.90 Å². The Morgan fingerprint density at radius 3 is 1.69 bits per heavy atom. The lowest BCUT2D eigenvalue weighted by molar-refractivity contribution is -0.204. The summed E-state index contributed by atoms with van der Waals surface area (Å²) in [5.74, 6) is 1.23. The van der Waals surface area contributed by atoms with E-state index in [0.717, 1.165) is 42.7 Å². The highest BCUT2D eigenvalue weighted by Gasteiger charge is 2.46. The molecule has 8 nitrogen and oxygen atoms in total. The molecule has 2 aliphatic carbocycles. The maximum absolute atomic E-state index is 10.9. The number of hydrogen-bond acceptors (Lipinski definition) is 8. The third-order valence-corrected chi connectivity index (χ3v) is 8.35. The smallest absolute Gasteiger partial charge is 0.169 e. The molecule has 2 heterocycles. The van der Waals surface area contributed by atoms with Gasteiger partial charge in [0.2, 0.25) is 0 Å². The summed E-state index contributed by atoms with van der Waals surface area (Å²) in [7, 11) is 3.31. The van der Waals surface area contributed by atoms with Crippen molar-refractivity contribution in [2.24, 2.45) is 0 Å². The molecule has 6 rings (SSSR count). The molecule has 214 valence electrons. The van der Waals surface area contributed by atoms with Crippen LogP contribution in [-0.4, -0.2) is 63.1 Å². The van der Waals surface area contributed by atoms with Crippen molar-refractivity contribution in [1.29, 1.82) is 0 Å². The fraction of sp³-hybridized carbons (Fsp3) is 0.567. The highest BCUT2D eigenvalue weighted by Crippen LogP contribution is 2.45. The Morgan fingerprint density at radius 2 is 1.21 bits per heavy atom. The molecular formula is C30H39IO8. The Balaban J connectivity index is 0.000000149. The average molecular weight is 655 g/mol. The molecule has 2 aromatic rings. The Labute approximate surface area is 244 Å². The number of benzene rings is 2. The van der Waals surface area contributed by atoms with Crippen molar-refractivity contribution in [2.45, 2.75) is 68.5 Å². The van der Waals surface area contributed by atoms with Crippen molar-refractivity contribution in [2.75, 3.05) is 40.6 Å². The molecule has 9 heteroatoms. The van der Waals surface area contributed by atoms with Crippen molar-refractivity contribution < 1.29 is 38.3 Å². The van der Waals surface area contributed by atoms with Crippen LogP contribution >= 0.6 is 22.6 Å². The summed E-state index contributed by atoms with van der Waals surface area (Å²) >= 11 is 2.25. The minimum absolute atomic E-state index is 0.342. The van der Waals surface area contributed by atoms with E-state index in [1.54, 1.807) is 14.2 Å². The molecule has 2 saturated heterocycles. The first-order chi connectivity index (χ1) is 18.8. The van der Waals surface area contributed by atoms with Gasteiger partial charge in [-0.1, -0.05) is 18.2 Å². The van der Waals surface area contributed by atoms with Crippen LogP contribution in [0.15, 0.2) is 48.5 Å². The van der Waals surface area contributed by atoms with Gasteiger partial charge >= 0.3 is 0 Å². The van der Waals surface area contributed by atoms with Crippen LogP contribution in [0.5, 0.6) is 11.5 Å². The van der Waals surface area contributed by atoms with E-state index < -0.39 is 11.4 Å². The monoisotopic (exact) mass is 654 g/mol. The van der Waals surface area contributed by atoms with Crippen LogP contribution in [0.1, 0.15) is 56.9 Å². The van der Waals surface area contributed by atoms with Crippen LogP contribution in [-0.2, 0) is 29.3 Å². The second-order valence-electron chi connectivity index (χ2n) is 10.2. The Kier molecular flexibility index (Phi) is 10.6. The van der Waals surface area contributed by atoms with Crippen molar-refractivity contribution in [1.82, 2.24) is 0 Å². The van der Waals surface area contributed by atoms with Crippen molar-refractivity contribution >= 4 is 28.4 Å². The Morgan fingerprint density at radius 1 is 0.718 bits per heavy atom. The number of ketones is 1. The Hall–Kier alpha value is -1.76. The third-order valence-electron chi connectivity index (χ3n) is 7.67. The van der Waals surface area contributed by atoms with Gasteiger partial charge in [-0.25, -0.2) is 0 Å². The number of rotatable bonds is 3. The fourth-order valence-corrected chi connectivity index (χ4v) is 5.84. The molecule has 0 aromatic heterocycles. The summed E-state index contributed by atoms with van der Waals surface area (Å²) in [6.45, 7) is 2.71. The van der Waals surface area contributed by atoms with E-state index in [2.05, 4.69) is 22.6 Å². The number of ether oxygens (including phenoxy) is 6. The van der Waals surface area contributed by atoms with Crippen LogP contribution in [0.2, 0.25) is 0 Å². The number of hydrogen-bond donors (Lipinski definition) is 1. The zero-order valence-electron chi connectivity index (χ0n) is 22.8. The third kappa shape index (κ3) is 8.14. The second kappa shape index (κ2) is 13.7. The maximum atomic E-state index is 10.9. The van der Waals surface area contributed by atoms with Gasteiger partial charge in [0, 0.05) is 42.1 Å². The molecule has 0 radical (unpaired) electrons. The predicted molar refractivity (Wildman–Crippen MR) is 154 cm³/mol.